The highest BCUT2D eigenvalue weighted by atomic mass is 35.5. The van der Waals surface area contributed by atoms with E-state index < -0.39 is 0 Å². The Bertz CT molecular complexity index is 264. The maximum absolute atomic E-state index is 5.10. The molecule has 0 heterocycles. The molecule has 0 spiro atoms. The molecule has 0 saturated heterocycles. The van der Waals surface area contributed by atoms with Crippen molar-refractivity contribution in [2.24, 2.45) is 0 Å². The van der Waals surface area contributed by atoms with Gasteiger partial charge in [-0.3, -0.25) is 0 Å². The van der Waals surface area contributed by atoms with Gasteiger partial charge in [0.05, 0.1) is 7.11 Å². The number of methoxy groups -OCH3 is 1. The molecule has 1 atom stereocenters. The first-order valence-corrected chi connectivity index (χ1v) is 5.43. The summed E-state index contributed by atoms with van der Waals surface area (Å²) in [7, 11) is 2.55. The zero-order valence-corrected chi connectivity index (χ0v) is 10.9. The van der Waals surface area contributed by atoms with Crippen LogP contribution in [0.25, 0.3) is 0 Å². The van der Waals surface area contributed by atoms with Crippen LogP contribution in [0.4, 0.5) is 0 Å². The van der Waals surface area contributed by atoms with Gasteiger partial charge in [0, 0.05) is 0 Å². The number of hydrogen-bond acceptors (Lipinski definition) is 1. The Morgan fingerprint density at radius 1 is 1.07 bits per heavy atom. The molecular weight excluding hydrogens is 215 g/mol. The molecule has 1 aromatic rings. The Hall–Kier alpha value is -0.260. The van der Waals surface area contributed by atoms with Gasteiger partial charge >= 0.3 is 0 Å². The summed E-state index contributed by atoms with van der Waals surface area (Å²) in [6.07, 6.45) is 0. The van der Waals surface area contributed by atoms with E-state index in [4.69, 9.17) is 4.74 Å². The topological polar surface area (TPSA) is 9.23 Å². The molecular formula is C11H18ClOP. The molecule has 0 radical (unpaired) electrons. The Morgan fingerprint density at radius 2 is 1.57 bits per heavy atom. The molecule has 0 N–H and O–H groups in total. The Labute approximate surface area is 94.4 Å². The van der Waals surface area contributed by atoms with Gasteiger partial charge in [-0.25, -0.2) is 0 Å². The third kappa shape index (κ3) is 4.83. The largest absolute Gasteiger partial charge is 0.497 e. The fourth-order valence-corrected chi connectivity index (χ4v) is 2.31. The van der Waals surface area contributed by atoms with Crippen LogP contribution in [-0.4, -0.2) is 12.3 Å². The number of ether oxygens (including phenoxy) is 1. The third-order valence-electron chi connectivity index (χ3n) is 1.61. The van der Waals surface area contributed by atoms with Crippen molar-refractivity contribution >= 4 is 26.3 Å². The molecule has 1 unspecified atom stereocenters. The summed E-state index contributed by atoms with van der Waals surface area (Å²) in [6.45, 7) is 6.78. The maximum Gasteiger partial charge on any atom is 0.118 e. The van der Waals surface area contributed by atoms with Crippen molar-refractivity contribution in [3.05, 3.63) is 24.3 Å². The summed E-state index contributed by atoms with van der Waals surface area (Å²) in [5.41, 5.74) is 0. The summed E-state index contributed by atoms with van der Waals surface area (Å²) in [6, 6.07) is 8.33. The van der Waals surface area contributed by atoms with Gasteiger partial charge in [0.25, 0.3) is 0 Å². The minimum absolute atomic E-state index is 0. The fraction of sp³-hybridized carbons (Fsp3) is 0.455. The van der Waals surface area contributed by atoms with Gasteiger partial charge in [0.2, 0.25) is 0 Å². The van der Waals surface area contributed by atoms with E-state index in [1.54, 1.807) is 7.11 Å². The van der Waals surface area contributed by atoms with Gasteiger partial charge < -0.3 is 4.74 Å². The number of hydrogen-bond donors (Lipinski definition) is 0. The molecule has 0 aliphatic rings. The van der Waals surface area contributed by atoms with E-state index in [0.29, 0.717) is 5.16 Å². The van der Waals surface area contributed by atoms with Crippen LogP contribution >= 0.6 is 21.0 Å². The van der Waals surface area contributed by atoms with Crippen LogP contribution in [0.2, 0.25) is 0 Å². The first-order valence-electron chi connectivity index (χ1n) is 4.43. The smallest absolute Gasteiger partial charge is 0.118 e. The minimum atomic E-state index is 0. The van der Waals surface area contributed by atoms with Crippen LogP contribution in [0.5, 0.6) is 5.75 Å². The van der Waals surface area contributed by atoms with Gasteiger partial charge in [-0.05, 0) is 22.6 Å². The predicted molar refractivity (Wildman–Crippen MR) is 67.9 cm³/mol. The normalized spacial score (nSPS) is 11.4. The van der Waals surface area contributed by atoms with Gasteiger partial charge in [0.15, 0.2) is 0 Å². The van der Waals surface area contributed by atoms with E-state index in [1.807, 2.05) is 12.1 Å². The van der Waals surface area contributed by atoms with Crippen LogP contribution in [-0.2, 0) is 0 Å². The zero-order valence-electron chi connectivity index (χ0n) is 9.13. The fourth-order valence-electron chi connectivity index (χ4n) is 1.11. The second-order valence-electron chi connectivity index (χ2n) is 4.10. The van der Waals surface area contributed by atoms with Crippen LogP contribution < -0.4 is 10.0 Å². The lowest BCUT2D eigenvalue weighted by molar-refractivity contribution is 0.415. The van der Waals surface area contributed by atoms with E-state index >= 15 is 0 Å². The Balaban J connectivity index is 0.00000169. The van der Waals surface area contributed by atoms with Gasteiger partial charge in [-0.15, -0.1) is 12.4 Å². The molecule has 1 aromatic carbocycles. The molecule has 0 aromatic heterocycles. The first-order chi connectivity index (χ1) is 6.01. The Morgan fingerprint density at radius 3 is 1.93 bits per heavy atom. The molecule has 0 aliphatic heterocycles. The molecule has 0 amide bonds. The summed E-state index contributed by atoms with van der Waals surface area (Å²) < 4.78 is 5.10. The standard InChI is InChI=1S/C11H17OP.ClH/c1-11(2,3)13-10-7-5-9(12-4)6-8-10;/h5-8,13H,1-4H3;1H. The third-order valence-corrected chi connectivity index (χ3v) is 2.98. The van der Waals surface area contributed by atoms with Crippen molar-refractivity contribution < 1.29 is 4.74 Å². The highest BCUT2D eigenvalue weighted by Gasteiger charge is 2.10. The van der Waals surface area contributed by atoms with Crippen LogP contribution in [0.1, 0.15) is 20.8 Å². The van der Waals surface area contributed by atoms with E-state index in [0.717, 1.165) is 14.3 Å². The molecule has 14 heavy (non-hydrogen) atoms. The quantitative estimate of drug-likeness (QED) is 0.712. The van der Waals surface area contributed by atoms with E-state index in [1.165, 1.54) is 5.30 Å². The lowest BCUT2D eigenvalue weighted by Crippen LogP contribution is -2.10. The van der Waals surface area contributed by atoms with Gasteiger partial charge in [0.1, 0.15) is 5.75 Å². The molecule has 1 nitrogen and oxygen atoms in total. The van der Waals surface area contributed by atoms with Crippen molar-refractivity contribution in [1.29, 1.82) is 0 Å². The minimum Gasteiger partial charge on any atom is -0.497 e. The second kappa shape index (κ2) is 5.58. The Kier molecular flexibility index (Phi) is 5.48. The van der Waals surface area contributed by atoms with Crippen LogP contribution in [0.3, 0.4) is 0 Å². The van der Waals surface area contributed by atoms with E-state index in [2.05, 4.69) is 32.9 Å². The molecule has 0 aliphatic carbocycles. The highest BCUT2D eigenvalue weighted by molar-refractivity contribution is 7.48. The number of rotatable bonds is 2. The van der Waals surface area contributed by atoms with Crippen LogP contribution in [0.15, 0.2) is 24.3 Å². The average molecular weight is 233 g/mol. The first kappa shape index (κ1) is 13.7. The maximum atomic E-state index is 5.10. The summed E-state index contributed by atoms with van der Waals surface area (Å²) in [4.78, 5) is 0. The molecule has 80 valence electrons. The van der Waals surface area contributed by atoms with Crippen molar-refractivity contribution in [3.63, 3.8) is 0 Å². The molecule has 1 rings (SSSR count). The summed E-state index contributed by atoms with van der Waals surface area (Å²) in [5, 5.41) is 1.78. The lowest BCUT2D eigenvalue weighted by atomic mass is 10.3. The van der Waals surface area contributed by atoms with Gasteiger partial charge in [-0.2, -0.15) is 0 Å². The zero-order chi connectivity index (χ0) is 9.90. The van der Waals surface area contributed by atoms with Crippen molar-refractivity contribution in [2.45, 2.75) is 25.9 Å². The number of benzene rings is 1. The molecule has 0 saturated carbocycles. The van der Waals surface area contributed by atoms with Crippen LogP contribution in [0, 0.1) is 0 Å². The summed E-state index contributed by atoms with van der Waals surface area (Å²) >= 11 is 0. The number of halogens is 1. The second-order valence-corrected chi connectivity index (χ2v) is 6.43. The SMILES string of the molecule is COc1ccc(PC(C)(C)C)cc1.Cl. The van der Waals surface area contributed by atoms with Gasteiger partial charge in [-0.1, -0.05) is 41.5 Å². The van der Waals surface area contributed by atoms with Crippen molar-refractivity contribution in [3.8, 4) is 5.75 Å². The molecule has 3 heteroatoms. The average Bonchev–Trinajstić information content (AvgIpc) is 2.03. The van der Waals surface area contributed by atoms with Crippen molar-refractivity contribution in [2.75, 3.05) is 7.11 Å². The van der Waals surface area contributed by atoms with Crippen molar-refractivity contribution in [1.82, 2.24) is 0 Å². The highest BCUT2D eigenvalue weighted by Crippen LogP contribution is 2.29. The lowest BCUT2D eigenvalue weighted by Gasteiger charge is -2.18. The van der Waals surface area contributed by atoms with E-state index in [9.17, 15) is 0 Å². The molecule has 0 bridgehead atoms. The monoisotopic (exact) mass is 232 g/mol. The molecule has 0 fully saturated rings. The van der Waals surface area contributed by atoms with E-state index in [-0.39, 0.29) is 12.4 Å². The predicted octanol–water partition coefficient (Wildman–Crippen LogP) is 3.22. The summed E-state index contributed by atoms with van der Waals surface area (Å²) in [5.74, 6) is 0.933.